The van der Waals surface area contributed by atoms with Gasteiger partial charge in [0.15, 0.2) is 5.96 Å². The third kappa shape index (κ3) is 9.95. The highest BCUT2D eigenvalue weighted by Gasteiger charge is 2.15. The molecular formula is C18H37N5O3S. The van der Waals surface area contributed by atoms with Crippen LogP contribution in [0.5, 0.6) is 0 Å². The number of nitrogens with one attached hydrogen (secondary N) is 2. The molecule has 1 amide bonds. The summed E-state index contributed by atoms with van der Waals surface area (Å²) in [4.78, 5) is 18.5. The summed E-state index contributed by atoms with van der Waals surface area (Å²) in [5.41, 5.74) is 0. The lowest BCUT2D eigenvalue weighted by atomic mass is 10.2. The van der Waals surface area contributed by atoms with Crippen LogP contribution in [0, 0.1) is 0 Å². The topological polar surface area (TPSA) is 94.1 Å². The molecule has 1 saturated heterocycles. The zero-order chi connectivity index (χ0) is 20.1. The number of aliphatic imine (C=N–C) groups is 1. The molecule has 0 radical (unpaired) electrons. The van der Waals surface area contributed by atoms with Crippen LogP contribution in [0.1, 0.15) is 52.4 Å². The highest BCUT2D eigenvalue weighted by atomic mass is 32.2. The van der Waals surface area contributed by atoms with Gasteiger partial charge in [-0.15, -0.1) is 0 Å². The lowest BCUT2D eigenvalue weighted by Crippen LogP contribution is -2.39. The molecule has 0 spiro atoms. The van der Waals surface area contributed by atoms with Gasteiger partial charge in [0.1, 0.15) is 0 Å². The van der Waals surface area contributed by atoms with Crippen molar-refractivity contribution in [1.82, 2.24) is 19.8 Å². The van der Waals surface area contributed by atoms with Gasteiger partial charge in [0.25, 0.3) is 0 Å². The standard InChI is InChI=1S/C18H37N5O3S/c1-4-19-18(21-13-10-16-23(5-2)27(3,25)26)20-12-9-15-22-14-8-6-7-11-17(22)24/h4-16H2,1-3H3,(H2,19,20,21). The number of hydrogen-bond acceptors (Lipinski definition) is 4. The molecule has 0 aromatic heterocycles. The summed E-state index contributed by atoms with van der Waals surface area (Å²) in [6, 6.07) is 0. The highest BCUT2D eigenvalue weighted by molar-refractivity contribution is 7.88. The SMILES string of the molecule is CCNC(=NCCCN1CCCCCC1=O)NCCCN(CC)S(C)(=O)=O. The molecule has 1 rings (SSSR count). The fourth-order valence-corrected chi connectivity index (χ4v) is 4.02. The van der Waals surface area contributed by atoms with Gasteiger partial charge in [-0.2, -0.15) is 0 Å². The van der Waals surface area contributed by atoms with E-state index in [1.54, 1.807) is 0 Å². The molecule has 9 heteroatoms. The predicted molar refractivity (Wildman–Crippen MR) is 110 cm³/mol. The van der Waals surface area contributed by atoms with Gasteiger partial charge in [-0.3, -0.25) is 9.79 Å². The van der Waals surface area contributed by atoms with Crippen LogP contribution in [0.15, 0.2) is 4.99 Å². The summed E-state index contributed by atoms with van der Waals surface area (Å²) in [5.74, 6) is 1.01. The number of guanidine groups is 1. The minimum Gasteiger partial charge on any atom is -0.357 e. The Balaban J connectivity index is 2.33. The monoisotopic (exact) mass is 403 g/mol. The molecule has 27 heavy (non-hydrogen) atoms. The van der Waals surface area contributed by atoms with Crippen LogP contribution in [0.4, 0.5) is 0 Å². The Kier molecular flexibility index (Phi) is 11.3. The van der Waals surface area contributed by atoms with Crippen molar-refractivity contribution < 1.29 is 13.2 Å². The first kappa shape index (κ1) is 23.7. The van der Waals surface area contributed by atoms with Crippen molar-refractivity contribution in [3.05, 3.63) is 0 Å². The van der Waals surface area contributed by atoms with Gasteiger partial charge < -0.3 is 15.5 Å². The number of hydrogen-bond donors (Lipinski definition) is 2. The van der Waals surface area contributed by atoms with E-state index in [0.717, 1.165) is 51.3 Å². The fourth-order valence-electron chi connectivity index (χ4n) is 3.09. The third-order valence-corrected chi connectivity index (χ3v) is 5.95. The average Bonchev–Trinajstić information content (AvgIpc) is 2.81. The van der Waals surface area contributed by atoms with E-state index in [-0.39, 0.29) is 5.91 Å². The molecule has 0 aromatic rings. The smallest absolute Gasteiger partial charge is 0.222 e. The number of rotatable bonds is 11. The largest absolute Gasteiger partial charge is 0.357 e. The zero-order valence-electron chi connectivity index (χ0n) is 17.2. The first-order valence-electron chi connectivity index (χ1n) is 10.1. The van der Waals surface area contributed by atoms with Crippen molar-refractivity contribution in [2.45, 2.75) is 52.4 Å². The quantitative estimate of drug-likeness (QED) is 0.305. The van der Waals surface area contributed by atoms with Gasteiger partial charge in [-0.05, 0) is 32.6 Å². The number of carbonyl (C=O) groups excluding carboxylic acids is 1. The molecule has 1 heterocycles. The lowest BCUT2D eigenvalue weighted by Gasteiger charge is -2.20. The van der Waals surface area contributed by atoms with Gasteiger partial charge in [0, 0.05) is 52.2 Å². The van der Waals surface area contributed by atoms with Crippen molar-refractivity contribution in [2.24, 2.45) is 4.99 Å². The maximum atomic E-state index is 12.0. The number of sulfonamides is 1. The molecule has 8 nitrogen and oxygen atoms in total. The van der Waals surface area contributed by atoms with Crippen molar-refractivity contribution in [2.75, 3.05) is 52.1 Å². The molecular weight excluding hydrogens is 366 g/mol. The first-order valence-corrected chi connectivity index (χ1v) is 12.0. The number of nitrogens with zero attached hydrogens (tertiary/aromatic N) is 3. The van der Waals surface area contributed by atoms with E-state index in [1.165, 1.54) is 10.6 Å². The van der Waals surface area contributed by atoms with Crippen LogP contribution in [-0.4, -0.2) is 81.6 Å². The Bertz CT molecular complexity index is 565. The number of carbonyl (C=O) groups is 1. The van der Waals surface area contributed by atoms with E-state index >= 15 is 0 Å². The van der Waals surface area contributed by atoms with Crippen LogP contribution in [0.25, 0.3) is 0 Å². The Labute approximate surface area is 164 Å². The molecule has 0 bridgehead atoms. The van der Waals surface area contributed by atoms with Crippen molar-refractivity contribution in [3.63, 3.8) is 0 Å². The van der Waals surface area contributed by atoms with Crippen LogP contribution in [0.2, 0.25) is 0 Å². The van der Waals surface area contributed by atoms with E-state index in [2.05, 4.69) is 15.6 Å². The first-order chi connectivity index (χ1) is 12.9. The van der Waals surface area contributed by atoms with Crippen LogP contribution < -0.4 is 10.6 Å². The second-order valence-corrected chi connectivity index (χ2v) is 8.82. The van der Waals surface area contributed by atoms with E-state index in [1.807, 2.05) is 18.7 Å². The Hall–Kier alpha value is -1.35. The minimum absolute atomic E-state index is 0.271. The molecule has 0 saturated carbocycles. The number of likely N-dealkylation sites (tertiary alicyclic amines) is 1. The average molecular weight is 404 g/mol. The summed E-state index contributed by atoms with van der Waals surface area (Å²) in [6.45, 7) is 8.55. The minimum atomic E-state index is -3.13. The van der Waals surface area contributed by atoms with Crippen LogP contribution >= 0.6 is 0 Å². The summed E-state index contributed by atoms with van der Waals surface area (Å²) >= 11 is 0. The Morgan fingerprint density at radius 3 is 2.63 bits per heavy atom. The van der Waals surface area contributed by atoms with E-state index < -0.39 is 10.0 Å². The van der Waals surface area contributed by atoms with Crippen LogP contribution in [-0.2, 0) is 14.8 Å². The summed E-state index contributed by atoms with van der Waals surface area (Å²) in [5, 5.41) is 6.44. The molecule has 0 atom stereocenters. The van der Waals surface area contributed by atoms with E-state index in [0.29, 0.717) is 39.0 Å². The van der Waals surface area contributed by atoms with Crippen LogP contribution in [0.3, 0.4) is 0 Å². The summed E-state index contributed by atoms with van der Waals surface area (Å²) in [6.07, 6.45) is 6.73. The van der Waals surface area contributed by atoms with Gasteiger partial charge in [0.05, 0.1) is 6.26 Å². The molecule has 1 aliphatic heterocycles. The van der Waals surface area contributed by atoms with E-state index in [9.17, 15) is 13.2 Å². The third-order valence-electron chi connectivity index (χ3n) is 4.57. The molecule has 158 valence electrons. The maximum Gasteiger partial charge on any atom is 0.222 e. The van der Waals surface area contributed by atoms with Gasteiger partial charge in [0.2, 0.25) is 15.9 Å². The Morgan fingerprint density at radius 2 is 1.96 bits per heavy atom. The molecule has 1 aliphatic rings. The molecule has 2 N–H and O–H groups in total. The number of amides is 1. The normalized spacial score (nSPS) is 16.5. The molecule has 1 fully saturated rings. The molecule has 0 unspecified atom stereocenters. The second-order valence-electron chi connectivity index (χ2n) is 6.84. The maximum absolute atomic E-state index is 12.0. The van der Waals surface area contributed by atoms with Crippen molar-refractivity contribution >= 4 is 21.9 Å². The summed E-state index contributed by atoms with van der Waals surface area (Å²) < 4.78 is 24.6. The summed E-state index contributed by atoms with van der Waals surface area (Å²) in [7, 11) is -3.13. The predicted octanol–water partition coefficient (Wildman–Crippen LogP) is 1.01. The zero-order valence-corrected chi connectivity index (χ0v) is 18.0. The van der Waals surface area contributed by atoms with Crippen molar-refractivity contribution in [3.8, 4) is 0 Å². The molecule has 0 aromatic carbocycles. The molecule has 0 aliphatic carbocycles. The Morgan fingerprint density at radius 1 is 1.19 bits per heavy atom. The highest BCUT2D eigenvalue weighted by Crippen LogP contribution is 2.11. The van der Waals surface area contributed by atoms with Crippen molar-refractivity contribution in [1.29, 1.82) is 0 Å². The van der Waals surface area contributed by atoms with E-state index in [4.69, 9.17) is 0 Å². The lowest BCUT2D eigenvalue weighted by molar-refractivity contribution is -0.130. The van der Waals surface area contributed by atoms with Gasteiger partial charge >= 0.3 is 0 Å². The second kappa shape index (κ2) is 12.9. The van der Waals surface area contributed by atoms with Gasteiger partial charge in [-0.1, -0.05) is 13.3 Å². The fraction of sp³-hybridized carbons (Fsp3) is 0.889. The van der Waals surface area contributed by atoms with Gasteiger partial charge in [-0.25, -0.2) is 12.7 Å².